The fourth-order valence-corrected chi connectivity index (χ4v) is 4.74. The Balaban J connectivity index is 1.65. The zero-order chi connectivity index (χ0) is 14.0. The highest BCUT2D eigenvalue weighted by molar-refractivity contribution is 7.10. The quantitative estimate of drug-likeness (QED) is 0.840. The smallest absolute Gasteiger partial charge is 0.0223 e. The lowest BCUT2D eigenvalue weighted by atomic mass is 9.90. The number of nitrogens with zero attached hydrogens (tertiary/aromatic N) is 2. The minimum Gasteiger partial charge on any atom is -0.301 e. The number of hydrogen-bond donors (Lipinski definition) is 0. The molecule has 0 bridgehead atoms. The van der Waals surface area contributed by atoms with Crippen LogP contribution in [0.1, 0.15) is 44.4 Å². The van der Waals surface area contributed by atoms with Crippen LogP contribution in [0.3, 0.4) is 0 Å². The van der Waals surface area contributed by atoms with E-state index in [1.165, 1.54) is 63.3 Å². The summed E-state index contributed by atoms with van der Waals surface area (Å²) in [5.41, 5.74) is 0.290. The first-order valence-corrected chi connectivity index (χ1v) is 9.03. The average Bonchev–Trinajstić information content (AvgIpc) is 2.88. The monoisotopic (exact) mass is 292 g/mol. The Morgan fingerprint density at radius 1 is 1.20 bits per heavy atom. The van der Waals surface area contributed by atoms with E-state index in [0.717, 1.165) is 6.04 Å². The van der Waals surface area contributed by atoms with Gasteiger partial charge in [-0.1, -0.05) is 26.3 Å². The van der Waals surface area contributed by atoms with Crippen molar-refractivity contribution >= 4 is 11.3 Å². The lowest BCUT2D eigenvalue weighted by molar-refractivity contribution is 0.129. The molecule has 2 fully saturated rings. The highest BCUT2D eigenvalue weighted by atomic mass is 32.1. The van der Waals surface area contributed by atoms with Crippen molar-refractivity contribution in [2.45, 2.75) is 51.0 Å². The normalized spacial score (nSPS) is 26.2. The maximum Gasteiger partial charge on any atom is 0.0223 e. The van der Waals surface area contributed by atoms with Crippen molar-refractivity contribution in [3.8, 4) is 0 Å². The molecule has 0 saturated carbocycles. The molecule has 3 heterocycles. The van der Waals surface area contributed by atoms with Crippen LogP contribution in [0.4, 0.5) is 0 Å². The Bertz CT molecular complexity index is 413. The van der Waals surface area contributed by atoms with Gasteiger partial charge in [0.05, 0.1) is 0 Å². The molecule has 2 aliphatic rings. The summed E-state index contributed by atoms with van der Waals surface area (Å²) in [6.07, 6.45) is 5.60. The van der Waals surface area contributed by atoms with Gasteiger partial charge in [-0.25, -0.2) is 0 Å². The zero-order valence-corrected chi connectivity index (χ0v) is 13.8. The summed E-state index contributed by atoms with van der Waals surface area (Å²) in [6, 6.07) is 5.31. The summed E-state index contributed by atoms with van der Waals surface area (Å²) in [7, 11) is 0. The van der Waals surface area contributed by atoms with Gasteiger partial charge in [0.25, 0.3) is 0 Å². The molecule has 3 rings (SSSR count). The Morgan fingerprint density at radius 2 is 2.05 bits per heavy atom. The molecule has 0 spiro atoms. The SMILES string of the molecule is CC(C)(CN1CCCN2CCCCC2C1)c1cccs1. The van der Waals surface area contributed by atoms with E-state index in [9.17, 15) is 0 Å². The van der Waals surface area contributed by atoms with Gasteiger partial charge in [0, 0.05) is 29.4 Å². The number of rotatable bonds is 3. The van der Waals surface area contributed by atoms with Gasteiger partial charge in [0.1, 0.15) is 0 Å². The first-order chi connectivity index (χ1) is 9.65. The zero-order valence-electron chi connectivity index (χ0n) is 13.0. The summed E-state index contributed by atoms with van der Waals surface area (Å²) in [5.74, 6) is 0. The van der Waals surface area contributed by atoms with E-state index in [-0.39, 0.29) is 5.41 Å². The van der Waals surface area contributed by atoms with Gasteiger partial charge in [-0.2, -0.15) is 0 Å². The summed E-state index contributed by atoms with van der Waals surface area (Å²) in [5, 5.41) is 2.21. The minimum absolute atomic E-state index is 0.290. The molecule has 0 aliphatic carbocycles. The summed E-state index contributed by atoms with van der Waals surface area (Å²) in [6.45, 7) is 11.2. The van der Waals surface area contributed by atoms with Gasteiger partial charge < -0.3 is 4.90 Å². The summed E-state index contributed by atoms with van der Waals surface area (Å²) < 4.78 is 0. The number of fused-ring (bicyclic) bond motifs is 1. The van der Waals surface area contributed by atoms with E-state index in [0.29, 0.717) is 0 Å². The molecule has 3 heteroatoms. The molecule has 0 radical (unpaired) electrons. The van der Waals surface area contributed by atoms with Gasteiger partial charge >= 0.3 is 0 Å². The largest absolute Gasteiger partial charge is 0.301 e. The summed E-state index contributed by atoms with van der Waals surface area (Å²) >= 11 is 1.91. The van der Waals surface area contributed by atoms with E-state index >= 15 is 0 Å². The Kier molecular flexibility index (Phi) is 4.49. The second kappa shape index (κ2) is 6.17. The highest BCUT2D eigenvalue weighted by Gasteiger charge is 2.30. The summed E-state index contributed by atoms with van der Waals surface area (Å²) in [4.78, 5) is 7.01. The molecule has 0 aromatic carbocycles. The Hall–Kier alpha value is -0.380. The van der Waals surface area contributed by atoms with Crippen LogP contribution >= 0.6 is 11.3 Å². The number of piperidine rings is 1. The van der Waals surface area contributed by atoms with Crippen molar-refractivity contribution in [3.63, 3.8) is 0 Å². The molecular weight excluding hydrogens is 264 g/mol. The van der Waals surface area contributed by atoms with Crippen molar-refractivity contribution in [2.75, 3.05) is 32.7 Å². The van der Waals surface area contributed by atoms with Crippen molar-refractivity contribution < 1.29 is 0 Å². The van der Waals surface area contributed by atoms with E-state index < -0.39 is 0 Å². The van der Waals surface area contributed by atoms with Crippen LogP contribution in [0.15, 0.2) is 17.5 Å². The molecule has 0 N–H and O–H groups in total. The topological polar surface area (TPSA) is 6.48 Å². The van der Waals surface area contributed by atoms with Gasteiger partial charge in [-0.05, 0) is 50.3 Å². The van der Waals surface area contributed by atoms with Crippen LogP contribution in [0, 0.1) is 0 Å². The van der Waals surface area contributed by atoms with Crippen molar-refractivity contribution in [2.24, 2.45) is 0 Å². The standard InChI is InChI=1S/C17H28N2S/c1-17(2,16-8-5-12-20-16)14-18-9-6-11-19-10-4-3-7-15(19)13-18/h5,8,12,15H,3-4,6-7,9-11,13-14H2,1-2H3. The van der Waals surface area contributed by atoms with Gasteiger partial charge in [-0.3, -0.25) is 4.90 Å². The first kappa shape index (κ1) is 14.6. The Morgan fingerprint density at radius 3 is 2.85 bits per heavy atom. The predicted molar refractivity (Wildman–Crippen MR) is 87.6 cm³/mol. The van der Waals surface area contributed by atoms with E-state index in [1.807, 2.05) is 11.3 Å². The molecule has 2 aliphatic heterocycles. The third-order valence-corrected chi connectivity index (χ3v) is 6.18. The van der Waals surface area contributed by atoms with Crippen molar-refractivity contribution in [3.05, 3.63) is 22.4 Å². The van der Waals surface area contributed by atoms with Crippen LogP contribution in [-0.2, 0) is 5.41 Å². The van der Waals surface area contributed by atoms with Gasteiger partial charge in [-0.15, -0.1) is 11.3 Å². The molecule has 1 atom stereocenters. The first-order valence-electron chi connectivity index (χ1n) is 8.15. The lowest BCUT2D eigenvalue weighted by Gasteiger charge is -2.37. The van der Waals surface area contributed by atoms with E-state index in [4.69, 9.17) is 0 Å². The maximum absolute atomic E-state index is 2.75. The second-order valence-electron chi connectivity index (χ2n) is 7.14. The van der Waals surface area contributed by atoms with Crippen LogP contribution in [0.2, 0.25) is 0 Å². The van der Waals surface area contributed by atoms with Gasteiger partial charge in [0.15, 0.2) is 0 Å². The molecule has 2 saturated heterocycles. The molecular formula is C17H28N2S. The highest BCUT2D eigenvalue weighted by Crippen LogP contribution is 2.30. The average molecular weight is 292 g/mol. The fraction of sp³-hybridized carbons (Fsp3) is 0.765. The third-order valence-electron chi connectivity index (χ3n) is 4.94. The molecule has 2 nitrogen and oxygen atoms in total. The molecule has 1 aromatic heterocycles. The number of thiophene rings is 1. The molecule has 1 unspecified atom stereocenters. The third kappa shape index (κ3) is 3.26. The van der Waals surface area contributed by atoms with Crippen molar-refractivity contribution in [1.82, 2.24) is 9.80 Å². The maximum atomic E-state index is 2.75. The van der Waals surface area contributed by atoms with E-state index in [1.54, 1.807) is 0 Å². The van der Waals surface area contributed by atoms with Crippen LogP contribution in [0.25, 0.3) is 0 Å². The van der Waals surface area contributed by atoms with Crippen molar-refractivity contribution in [1.29, 1.82) is 0 Å². The van der Waals surface area contributed by atoms with E-state index in [2.05, 4.69) is 41.2 Å². The molecule has 20 heavy (non-hydrogen) atoms. The second-order valence-corrected chi connectivity index (χ2v) is 8.08. The minimum atomic E-state index is 0.290. The molecule has 112 valence electrons. The van der Waals surface area contributed by atoms with Gasteiger partial charge in [0.2, 0.25) is 0 Å². The van der Waals surface area contributed by atoms with Crippen LogP contribution in [-0.4, -0.2) is 48.6 Å². The molecule has 0 amide bonds. The number of hydrogen-bond acceptors (Lipinski definition) is 3. The Labute approximate surface area is 127 Å². The van der Waals surface area contributed by atoms with Crippen LogP contribution < -0.4 is 0 Å². The van der Waals surface area contributed by atoms with Crippen LogP contribution in [0.5, 0.6) is 0 Å². The molecule has 1 aromatic rings. The predicted octanol–water partition coefficient (Wildman–Crippen LogP) is 3.59. The fourth-order valence-electron chi connectivity index (χ4n) is 3.89. The lowest BCUT2D eigenvalue weighted by Crippen LogP contribution is -2.46.